The van der Waals surface area contributed by atoms with Gasteiger partial charge in [-0.1, -0.05) is 0 Å². The minimum Gasteiger partial charge on any atom is -0.325 e. The normalized spacial score (nSPS) is 14.6. The van der Waals surface area contributed by atoms with E-state index in [9.17, 15) is 31.2 Å². The van der Waals surface area contributed by atoms with Gasteiger partial charge in [0.2, 0.25) is 10.0 Å². The van der Waals surface area contributed by atoms with E-state index in [0.29, 0.717) is 0 Å². The molecule has 0 aliphatic carbocycles. The number of alkyl halides is 3. The first kappa shape index (κ1) is 19.0. The largest absolute Gasteiger partial charge is 0.406 e. The molecule has 2 heterocycles. The molecule has 0 bridgehead atoms. The highest BCUT2D eigenvalue weighted by Gasteiger charge is 2.32. The Morgan fingerprint density at radius 3 is 2.52 bits per heavy atom. The molecule has 0 unspecified atom stereocenters. The highest BCUT2D eigenvalue weighted by molar-refractivity contribution is 7.89. The van der Waals surface area contributed by atoms with E-state index in [2.05, 4.69) is 4.98 Å². The molecule has 0 fully saturated rings. The molecular weight excluding hydrogens is 389 g/mol. The molecule has 3 rings (SSSR count). The standard InChI is InChI=1S/C15H13F3N4O4S/c1-21(7-12-19-4-5-22(12)8-15(16,17)18)27(25,26)9-2-3-10-11(6-9)14(24)20-13(10)23/h2-6H,7-8H2,1H3,(H,20,23,24). The lowest BCUT2D eigenvalue weighted by atomic mass is 10.1. The van der Waals surface area contributed by atoms with Crippen LogP contribution in [0, 0.1) is 0 Å². The first-order valence-electron chi connectivity index (χ1n) is 7.52. The first-order chi connectivity index (χ1) is 12.5. The molecule has 27 heavy (non-hydrogen) atoms. The number of rotatable bonds is 5. The molecule has 0 saturated heterocycles. The van der Waals surface area contributed by atoms with Crippen LogP contribution in [0.2, 0.25) is 0 Å². The van der Waals surface area contributed by atoms with Crippen molar-refractivity contribution in [2.24, 2.45) is 0 Å². The molecule has 8 nitrogen and oxygen atoms in total. The summed E-state index contributed by atoms with van der Waals surface area (Å²) >= 11 is 0. The average molecular weight is 402 g/mol. The summed E-state index contributed by atoms with van der Waals surface area (Å²) in [5.74, 6) is -1.43. The number of fused-ring (bicyclic) bond motifs is 1. The third kappa shape index (κ3) is 3.71. The summed E-state index contributed by atoms with van der Waals surface area (Å²) in [6.45, 7) is -1.70. The van der Waals surface area contributed by atoms with Gasteiger partial charge in [-0.3, -0.25) is 14.9 Å². The maximum atomic E-state index is 12.7. The second-order valence-corrected chi connectivity index (χ2v) is 7.88. The quantitative estimate of drug-likeness (QED) is 0.756. The van der Waals surface area contributed by atoms with Crippen molar-refractivity contribution in [3.63, 3.8) is 0 Å². The number of carbonyl (C=O) groups is 2. The number of imidazole rings is 1. The van der Waals surface area contributed by atoms with Gasteiger partial charge in [-0.15, -0.1) is 0 Å². The molecule has 144 valence electrons. The molecular formula is C15H13F3N4O4S. The summed E-state index contributed by atoms with van der Waals surface area (Å²) in [7, 11) is -2.95. The van der Waals surface area contributed by atoms with Gasteiger partial charge in [-0.2, -0.15) is 17.5 Å². The van der Waals surface area contributed by atoms with Crippen molar-refractivity contribution in [2.75, 3.05) is 7.05 Å². The van der Waals surface area contributed by atoms with E-state index in [1.807, 2.05) is 5.32 Å². The van der Waals surface area contributed by atoms with Gasteiger partial charge in [0, 0.05) is 19.4 Å². The Morgan fingerprint density at radius 2 is 1.85 bits per heavy atom. The number of imide groups is 1. The number of nitrogens with one attached hydrogen (secondary N) is 1. The summed E-state index contributed by atoms with van der Waals surface area (Å²) in [5, 5.41) is 2.05. The van der Waals surface area contributed by atoms with Crippen molar-refractivity contribution in [3.8, 4) is 0 Å². The van der Waals surface area contributed by atoms with Crippen molar-refractivity contribution in [1.82, 2.24) is 19.2 Å². The van der Waals surface area contributed by atoms with Crippen LogP contribution in [-0.4, -0.2) is 47.3 Å². The predicted octanol–water partition coefficient (Wildman–Crippen LogP) is 1.15. The lowest BCUT2D eigenvalue weighted by Gasteiger charge is -2.18. The molecule has 2 amide bonds. The Morgan fingerprint density at radius 1 is 1.19 bits per heavy atom. The lowest BCUT2D eigenvalue weighted by molar-refractivity contribution is -0.141. The number of sulfonamides is 1. The van der Waals surface area contributed by atoms with Crippen LogP contribution in [0.25, 0.3) is 0 Å². The van der Waals surface area contributed by atoms with Crippen molar-refractivity contribution in [2.45, 2.75) is 24.2 Å². The molecule has 2 aromatic rings. The fraction of sp³-hybridized carbons (Fsp3) is 0.267. The summed E-state index contributed by atoms with van der Waals surface area (Å²) in [4.78, 5) is 26.8. The Balaban J connectivity index is 1.86. The number of nitrogens with zero attached hydrogens (tertiary/aromatic N) is 3. The first-order valence-corrected chi connectivity index (χ1v) is 8.96. The second kappa shape index (κ2) is 6.46. The van der Waals surface area contributed by atoms with Crippen molar-refractivity contribution in [1.29, 1.82) is 0 Å². The van der Waals surface area contributed by atoms with Crippen LogP contribution in [0.3, 0.4) is 0 Å². The van der Waals surface area contributed by atoms with Crippen LogP contribution in [0.1, 0.15) is 26.5 Å². The Hall–Kier alpha value is -2.73. The minimum absolute atomic E-state index is 0.0577. The van der Waals surface area contributed by atoms with Gasteiger partial charge in [0.15, 0.2) is 0 Å². The van der Waals surface area contributed by atoms with Gasteiger partial charge in [0.05, 0.1) is 22.6 Å². The Kier molecular flexibility index (Phi) is 4.56. The molecule has 1 N–H and O–H groups in total. The smallest absolute Gasteiger partial charge is 0.325 e. The van der Waals surface area contributed by atoms with E-state index in [4.69, 9.17) is 0 Å². The van der Waals surface area contributed by atoms with Gasteiger partial charge < -0.3 is 4.57 Å². The Labute approximate surface area is 151 Å². The molecule has 1 aliphatic rings. The number of halogens is 3. The van der Waals surface area contributed by atoms with E-state index < -0.39 is 41.1 Å². The van der Waals surface area contributed by atoms with E-state index in [0.717, 1.165) is 33.4 Å². The molecule has 1 aliphatic heterocycles. The van der Waals surface area contributed by atoms with Crippen LogP contribution in [0.4, 0.5) is 13.2 Å². The van der Waals surface area contributed by atoms with Crippen molar-refractivity contribution < 1.29 is 31.2 Å². The van der Waals surface area contributed by atoms with Crippen molar-refractivity contribution in [3.05, 3.63) is 47.5 Å². The van der Waals surface area contributed by atoms with Gasteiger partial charge >= 0.3 is 6.18 Å². The number of amides is 2. The summed E-state index contributed by atoms with van der Waals surface area (Å²) in [5.41, 5.74) is -0.0182. The number of hydrogen-bond donors (Lipinski definition) is 1. The van der Waals surface area contributed by atoms with Gasteiger partial charge in [-0.25, -0.2) is 13.4 Å². The maximum absolute atomic E-state index is 12.7. The van der Waals surface area contributed by atoms with Gasteiger partial charge in [0.1, 0.15) is 12.4 Å². The zero-order valence-corrected chi connectivity index (χ0v) is 14.6. The van der Waals surface area contributed by atoms with E-state index in [1.165, 1.54) is 13.1 Å². The second-order valence-electron chi connectivity index (χ2n) is 5.84. The fourth-order valence-corrected chi connectivity index (χ4v) is 3.75. The molecule has 0 spiro atoms. The minimum atomic E-state index is -4.48. The molecule has 0 saturated carbocycles. The van der Waals surface area contributed by atoms with Crippen molar-refractivity contribution >= 4 is 21.8 Å². The molecule has 1 aromatic carbocycles. The van der Waals surface area contributed by atoms with E-state index in [-0.39, 0.29) is 21.8 Å². The number of benzene rings is 1. The average Bonchev–Trinajstić information content (AvgIpc) is 3.10. The zero-order chi connectivity index (χ0) is 20.0. The highest BCUT2D eigenvalue weighted by Crippen LogP contribution is 2.24. The van der Waals surface area contributed by atoms with Crippen LogP contribution in [0.5, 0.6) is 0 Å². The SMILES string of the molecule is CN(Cc1nccn1CC(F)(F)F)S(=O)(=O)c1ccc2c(c1)C(=O)NC2=O. The van der Waals surface area contributed by atoms with Crippen LogP contribution in [0.15, 0.2) is 35.5 Å². The van der Waals surface area contributed by atoms with Crippen LogP contribution >= 0.6 is 0 Å². The predicted molar refractivity (Wildman–Crippen MR) is 85.2 cm³/mol. The lowest BCUT2D eigenvalue weighted by Crippen LogP contribution is -2.29. The third-order valence-electron chi connectivity index (χ3n) is 3.93. The third-order valence-corrected chi connectivity index (χ3v) is 5.73. The fourth-order valence-electron chi connectivity index (χ4n) is 2.60. The summed E-state index contributed by atoms with van der Waals surface area (Å²) in [6, 6.07) is 3.43. The maximum Gasteiger partial charge on any atom is 0.406 e. The number of hydrogen-bond acceptors (Lipinski definition) is 5. The number of carbonyl (C=O) groups excluding carboxylic acids is 2. The van der Waals surface area contributed by atoms with Gasteiger partial charge in [0.25, 0.3) is 11.8 Å². The molecule has 0 atom stereocenters. The van der Waals surface area contributed by atoms with Crippen LogP contribution in [-0.2, 0) is 23.1 Å². The summed E-state index contributed by atoms with van der Waals surface area (Å²) < 4.78 is 64.8. The van der Waals surface area contributed by atoms with Gasteiger partial charge in [-0.05, 0) is 18.2 Å². The van der Waals surface area contributed by atoms with E-state index in [1.54, 1.807) is 0 Å². The monoisotopic (exact) mass is 402 g/mol. The summed E-state index contributed by atoms with van der Waals surface area (Å²) in [6.07, 6.45) is -2.23. The molecule has 1 aromatic heterocycles. The highest BCUT2D eigenvalue weighted by atomic mass is 32.2. The van der Waals surface area contributed by atoms with Crippen LogP contribution < -0.4 is 5.32 Å². The topological polar surface area (TPSA) is 101 Å². The number of aromatic nitrogens is 2. The Bertz CT molecular complexity index is 1030. The van der Waals surface area contributed by atoms with E-state index >= 15 is 0 Å². The molecule has 12 heteroatoms. The zero-order valence-electron chi connectivity index (χ0n) is 13.8. The molecule has 0 radical (unpaired) electrons.